The van der Waals surface area contributed by atoms with Crippen molar-refractivity contribution in [3.8, 4) is 0 Å². The number of carbonyl (C=O) groups excluding carboxylic acids is 3. The molecule has 178 valence electrons. The Labute approximate surface area is 193 Å². The molecule has 1 aliphatic heterocycles. The molecule has 8 heteroatoms. The third-order valence-corrected chi connectivity index (χ3v) is 5.81. The van der Waals surface area contributed by atoms with Crippen LogP contribution >= 0.6 is 0 Å². The first kappa shape index (κ1) is 25.8. The third-order valence-electron chi connectivity index (χ3n) is 5.81. The van der Waals surface area contributed by atoms with Gasteiger partial charge in [0.15, 0.2) is 12.2 Å². The highest BCUT2D eigenvalue weighted by atomic mass is 16.6. The SMILES string of the molecule is C=C1C(=O)O[C@@H]2/C=C(/C)CC/C=C(/C(=O)O)[C@H](OC(=O)/C(C)=C\C)[C@@H](OC(=O)/C(C)=C\C)[C@@H]12. The van der Waals surface area contributed by atoms with Gasteiger partial charge >= 0.3 is 23.9 Å². The lowest BCUT2D eigenvalue weighted by Gasteiger charge is -2.33. The van der Waals surface area contributed by atoms with Gasteiger partial charge in [0.2, 0.25) is 0 Å². The van der Waals surface area contributed by atoms with E-state index in [1.165, 1.54) is 32.1 Å². The zero-order valence-corrected chi connectivity index (χ0v) is 19.5. The fourth-order valence-electron chi connectivity index (χ4n) is 3.57. The number of ether oxygens (including phenoxy) is 3. The normalized spacial score (nSPS) is 29.6. The van der Waals surface area contributed by atoms with E-state index in [2.05, 4.69) is 6.58 Å². The molecular weight excluding hydrogens is 428 g/mol. The predicted octanol–water partition coefficient (Wildman–Crippen LogP) is 3.59. The fraction of sp³-hybridized carbons (Fsp3) is 0.440. The van der Waals surface area contributed by atoms with Gasteiger partial charge in [-0.3, -0.25) is 0 Å². The van der Waals surface area contributed by atoms with Gasteiger partial charge in [-0.2, -0.15) is 0 Å². The smallest absolute Gasteiger partial charge is 0.335 e. The second-order valence-corrected chi connectivity index (χ2v) is 8.08. The molecule has 2 aliphatic rings. The Morgan fingerprint density at radius 1 is 1.12 bits per heavy atom. The van der Waals surface area contributed by atoms with E-state index in [0.717, 1.165) is 5.57 Å². The van der Waals surface area contributed by atoms with Crippen LogP contribution in [0.25, 0.3) is 0 Å². The summed E-state index contributed by atoms with van der Waals surface area (Å²) in [6.07, 6.45) is 3.36. The molecule has 0 radical (unpaired) electrons. The maximum absolute atomic E-state index is 12.8. The molecule has 0 amide bonds. The summed E-state index contributed by atoms with van der Waals surface area (Å²) in [6, 6.07) is 0. The highest BCUT2D eigenvalue weighted by molar-refractivity contribution is 5.94. The molecule has 0 aromatic rings. The number of hydrogen-bond acceptors (Lipinski definition) is 7. The Balaban J connectivity index is 2.73. The summed E-state index contributed by atoms with van der Waals surface area (Å²) in [5, 5.41) is 9.97. The molecule has 4 atom stereocenters. The van der Waals surface area contributed by atoms with Crippen LogP contribution in [0.15, 0.2) is 58.7 Å². The molecule has 8 nitrogen and oxygen atoms in total. The van der Waals surface area contributed by atoms with Crippen LogP contribution in [0.2, 0.25) is 0 Å². The van der Waals surface area contributed by atoms with Crippen molar-refractivity contribution in [3.63, 3.8) is 0 Å². The van der Waals surface area contributed by atoms with E-state index in [0.29, 0.717) is 12.8 Å². The average Bonchev–Trinajstić information content (AvgIpc) is 3.04. The maximum Gasteiger partial charge on any atom is 0.335 e. The van der Waals surface area contributed by atoms with E-state index in [1.807, 2.05) is 6.92 Å². The third kappa shape index (κ3) is 5.88. The molecule has 1 fully saturated rings. The molecular formula is C25H30O8. The van der Waals surface area contributed by atoms with Crippen molar-refractivity contribution < 1.29 is 38.5 Å². The number of carboxylic acid groups (broad SMARTS) is 1. The summed E-state index contributed by atoms with van der Waals surface area (Å²) >= 11 is 0. The zero-order valence-electron chi connectivity index (χ0n) is 19.5. The van der Waals surface area contributed by atoms with E-state index in [4.69, 9.17) is 14.2 Å². The van der Waals surface area contributed by atoms with Crippen molar-refractivity contribution in [2.45, 2.75) is 65.8 Å². The molecule has 33 heavy (non-hydrogen) atoms. The number of carbonyl (C=O) groups is 4. The van der Waals surface area contributed by atoms with Crippen molar-refractivity contribution >= 4 is 23.9 Å². The van der Waals surface area contributed by atoms with Crippen molar-refractivity contribution in [1.82, 2.24) is 0 Å². The van der Waals surface area contributed by atoms with Crippen LogP contribution in [0.5, 0.6) is 0 Å². The minimum atomic E-state index is -1.50. The van der Waals surface area contributed by atoms with Crippen molar-refractivity contribution in [3.05, 3.63) is 58.7 Å². The summed E-state index contributed by atoms with van der Waals surface area (Å²) in [7, 11) is 0. The standard InChI is InChI=1S/C25H30O8/c1-7-14(4)23(28)32-20-17(22(26)27)11-9-10-13(3)12-18-19(16(6)25(30)31-18)21(20)33-24(29)15(5)8-2/h7-8,11-12,18-21H,6,9-10H2,1-5H3,(H,26,27)/b13-12-,14-7-,15-8-,17-11+/t18-,19+,20+,21+/m1/s1. The van der Waals surface area contributed by atoms with E-state index >= 15 is 0 Å². The van der Waals surface area contributed by atoms with Gasteiger partial charge in [0.05, 0.1) is 11.5 Å². The Hall–Kier alpha value is -3.42. The molecule has 2 rings (SSSR count). The molecule has 0 aromatic carbocycles. The first-order valence-corrected chi connectivity index (χ1v) is 10.7. The van der Waals surface area contributed by atoms with Gasteiger partial charge in [0.1, 0.15) is 6.10 Å². The minimum absolute atomic E-state index is 0.00842. The largest absolute Gasteiger partial charge is 0.478 e. The minimum Gasteiger partial charge on any atom is -0.478 e. The number of carboxylic acids is 1. The second kappa shape index (κ2) is 10.9. The highest BCUT2D eigenvalue weighted by Gasteiger charge is 2.50. The maximum atomic E-state index is 12.8. The van der Waals surface area contributed by atoms with E-state index < -0.39 is 48.1 Å². The first-order valence-electron chi connectivity index (χ1n) is 10.7. The summed E-state index contributed by atoms with van der Waals surface area (Å²) in [6.45, 7) is 12.0. The molecule has 0 spiro atoms. The zero-order chi connectivity index (χ0) is 24.9. The van der Waals surface area contributed by atoms with Crippen LogP contribution in [-0.2, 0) is 33.4 Å². The van der Waals surface area contributed by atoms with Crippen LogP contribution in [-0.4, -0.2) is 47.3 Å². The molecule has 0 unspecified atom stereocenters. The van der Waals surface area contributed by atoms with Crippen LogP contribution in [0.1, 0.15) is 47.5 Å². The molecule has 1 aliphatic carbocycles. The summed E-state index contributed by atoms with van der Waals surface area (Å²) in [4.78, 5) is 50.1. The van der Waals surface area contributed by atoms with Gasteiger partial charge in [-0.15, -0.1) is 0 Å². The summed E-state index contributed by atoms with van der Waals surface area (Å²) < 4.78 is 16.8. The molecule has 1 heterocycles. The van der Waals surface area contributed by atoms with Gasteiger partial charge in [-0.1, -0.05) is 30.4 Å². The van der Waals surface area contributed by atoms with E-state index in [1.54, 1.807) is 19.9 Å². The van der Waals surface area contributed by atoms with Gasteiger partial charge in [0.25, 0.3) is 0 Å². The Morgan fingerprint density at radius 2 is 1.70 bits per heavy atom. The number of allylic oxidation sites excluding steroid dienone is 4. The van der Waals surface area contributed by atoms with Crippen LogP contribution < -0.4 is 0 Å². The highest BCUT2D eigenvalue weighted by Crippen LogP contribution is 2.38. The number of esters is 3. The lowest BCUT2D eigenvalue weighted by atomic mass is 9.83. The van der Waals surface area contributed by atoms with Gasteiger partial charge < -0.3 is 19.3 Å². The van der Waals surface area contributed by atoms with Crippen molar-refractivity contribution in [1.29, 1.82) is 0 Å². The summed E-state index contributed by atoms with van der Waals surface area (Å²) in [5.74, 6) is -4.48. The predicted molar refractivity (Wildman–Crippen MR) is 120 cm³/mol. The van der Waals surface area contributed by atoms with Crippen LogP contribution in [0, 0.1) is 5.92 Å². The van der Waals surface area contributed by atoms with Gasteiger partial charge in [-0.25, -0.2) is 19.2 Å². The van der Waals surface area contributed by atoms with Gasteiger partial charge in [0, 0.05) is 16.7 Å². The van der Waals surface area contributed by atoms with Crippen LogP contribution in [0.3, 0.4) is 0 Å². The molecule has 1 saturated heterocycles. The Bertz CT molecular complexity index is 978. The quantitative estimate of drug-likeness (QED) is 0.288. The lowest BCUT2D eigenvalue weighted by Crippen LogP contribution is -2.46. The van der Waals surface area contributed by atoms with Crippen molar-refractivity contribution in [2.24, 2.45) is 5.92 Å². The lowest BCUT2D eigenvalue weighted by molar-refractivity contribution is -0.166. The van der Waals surface area contributed by atoms with Gasteiger partial charge in [-0.05, 0) is 53.5 Å². The van der Waals surface area contributed by atoms with Crippen molar-refractivity contribution in [2.75, 3.05) is 0 Å². The molecule has 0 saturated carbocycles. The summed E-state index contributed by atoms with van der Waals surface area (Å²) in [5.41, 5.74) is 1.14. The number of rotatable bonds is 5. The topological polar surface area (TPSA) is 116 Å². The first-order chi connectivity index (χ1) is 15.5. The monoisotopic (exact) mass is 458 g/mol. The van der Waals surface area contributed by atoms with Crippen LogP contribution in [0.4, 0.5) is 0 Å². The second-order valence-electron chi connectivity index (χ2n) is 8.08. The molecule has 0 aromatic heterocycles. The van der Waals surface area contributed by atoms with E-state index in [9.17, 15) is 24.3 Å². The fourth-order valence-corrected chi connectivity index (χ4v) is 3.57. The average molecular weight is 459 g/mol. The molecule has 0 bridgehead atoms. The molecule has 1 N–H and O–H groups in total. The number of hydrogen-bond donors (Lipinski definition) is 1. The Kier molecular flexibility index (Phi) is 8.56. The Morgan fingerprint density at radius 3 is 2.24 bits per heavy atom. The number of fused-ring (bicyclic) bond motifs is 1. The number of aliphatic carboxylic acids is 1. The van der Waals surface area contributed by atoms with E-state index in [-0.39, 0.29) is 22.3 Å².